The first kappa shape index (κ1) is 18.1. The summed E-state index contributed by atoms with van der Waals surface area (Å²) < 4.78 is 0. The lowest BCUT2D eigenvalue weighted by atomic mass is 9.70. The topological polar surface area (TPSA) is 0 Å². The second kappa shape index (κ2) is 15.1. The zero-order chi connectivity index (χ0) is 13.5. The zero-order valence-corrected chi connectivity index (χ0v) is 13.5. The van der Waals surface area contributed by atoms with Crippen molar-refractivity contribution in [3.8, 4) is 0 Å². The third-order valence-electron chi connectivity index (χ3n) is 4.13. The first-order valence-corrected chi connectivity index (χ1v) is 8.85. The Bertz CT molecular complexity index is 145. The van der Waals surface area contributed by atoms with Gasteiger partial charge in [-0.25, -0.2) is 0 Å². The molecule has 0 aliphatic carbocycles. The van der Waals surface area contributed by atoms with Crippen LogP contribution in [-0.2, 0) is 0 Å². The van der Waals surface area contributed by atoms with Crippen molar-refractivity contribution >= 4 is 7.28 Å². The summed E-state index contributed by atoms with van der Waals surface area (Å²) >= 11 is 0. The van der Waals surface area contributed by atoms with Gasteiger partial charge in [0.05, 0.1) is 0 Å². The molecule has 0 spiro atoms. The van der Waals surface area contributed by atoms with Crippen LogP contribution in [0.4, 0.5) is 0 Å². The third-order valence-corrected chi connectivity index (χ3v) is 4.13. The van der Waals surface area contributed by atoms with Crippen LogP contribution in [0.5, 0.6) is 0 Å². The fraction of sp³-hybridized carbons (Fsp3) is 1.00. The number of hydrogen-bond acceptors (Lipinski definition) is 0. The summed E-state index contributed by atoms with van der Waals surface area (Å²) in [6.45, 7) is 6.95. The number of unbranched alkanes of at least 4 members (excludes halogenated alkanes) is 8. The lowest BCUT2D eigenvalue weighted by Gasteiger charge is -2.15. The van der Waals surface area contributed by atoms with E-state index >= 15 is 0 Å². The van der Waals surface area contributed by atoms with Crippen LogP contribution in [0.15, 0.2) is 0 Å². The standard InChI is InChI=1S/C17H37B/c1-4-6-8-10-11-13-15-17(16-18-3)14-12-9-7-5-2/h17-18H,4-16H2,1-3H3. The van der Waals surface area contributed by atoms with E-state index in [4.69, 9.17) is 0 Å². The van der Waals surface area contributed by atoms with E-state index in [0.717, 1.165) is 5.92 Å². The van der Waals surface area contributed by atoms with Gasteiger partial charge in [0.25, 0.3) is 0 Å². The minimum Gasteiger partial charge on any atom is -0.0893 e. The molecule has 0 saturated carbocycles. The molecule has 0 aliphatic rings. The molecule has 0 fully saturated rings. The second-order valence-corrected chi connectivity index (χ2v) is 6.06. The van der Waals surface area contributed by atoms with E-state index in [9.17, 15) is 0 Å². The Hall–Kier alpha value is 0.0649. The normalized spacial score (nSPS) is 12.6. The van der Waals surface area contributed by atoms with Crippen LogP contribution in [0.1, 0.15) is 90.9 Å². The van der Waals surface area contributed by atoms with E-state index < -0.39 is 0 Å². The Labute approximate surface area is 118 Å². The van der Waals surface area contributed by atoms with Gasteiger partial charge in [-0.05, 0) is 5.92 Å². The van der Waals surface area contributed by atoms with E-state index in [1.165, 1.54) is 90.6 Å². The highest BCUT2D eigenvalue weighted by Crippen LogP contribution is 2.21. The summed E-state index contributed by atoms with van der Waals surface area (Å²) in [7, 11) is 1.38. The molecular formula is C17H37B. The van der Waals surface area contributed by atoms with Crippen LogP contribution in [0.25, 0.3) is 0 Å². The smallest absolute Gasteiger partial charge is 0.0893 e. The molecule has 108 valence electrons. The summed E-state index contributed by atoms with van der Waals surface area (Å²) in [6.07, 6.45) is 19.0. The predicted octanol–water partition coefficient (Wildman–Crippen LogP) is 6.23. The Balaban J connectivity index is 3.44. The zero-order valence-electron chi connectivity index (χ0n) is 13.5. The fourth-order valence-corrected chi connectivity index (χ4v) is 2.91. The van der Waals surface area contributed by atoms with Crippen LogP contribution in [0, 0.1) is 5.92 Å². The van der Waals surface area contributed by atoms with Crippen molar-refractivity contribution in [2.45, 2.75) is 104 Å². The summed E-state index contributed by atoms with van der Waals surface area (Å²) in [5.74, 6) is 1.04. The van der Waals surface area contributed by atoms with Crippen molar-refractivity contribution in [3.63, 3.8) is 0 Å². The van der Waals surface area contributed by atoms with E-state index in [2.05, 4.69) is 20.7 Å². The minimum atomic E-state index is 1.04. The van der Waals surface area contributed by atoms with Crippen molar-refractivity contribution < 1.29 is 0 Å². The fourth-order valence-electron chi connectivity index (χ4n) is 2.91. The van der Waals surface area contributed by atoms with Gasteiger partial charge < -0.3 is 0 Å². The Kier molecular flexibility index (Phi) is 15.2. The molecule has 0 nitrogen and oxygen atoms in total. The van der Waals surface area contributed by atoms with Crippen LogP contribution >= 0.6 is 0 Å². The minimum absolute atomic E-state index is 1.04. The molecular weight excluding hydrogens is 215 g/mol. The summed E-state index contributed by atoms with van der Waals surface area (Å²) in [5, 5.41) is 0. The van der Waals surface area contributed by atoms with Crippen molar-refractivity contribution in [1.82, 2.24) is 0 Å². The SMILES string of the molecule is CBCC(CCCCCC)CCCCCCCC. The van der Waals surface area contributed by atoms with Crippen molar-refractivity contribution in [3.05, 3.63) is 0 Å². The highest BCUT2D eigenvalue weighted by atomic mass is 14.1. The largest absolute Gasteiger partial charge is 0.117 e. The molecule has 0 radical (unpaired) electrons. The van der Waals surface area contributed by atoms with Crippen molar-refractivity contribution in [2.75, 3.05) is 0 Å². The Morgan fingerprint density at radius 3 is 1.61 bits per heavy atom. The summed E-state index contributed by atoms with van der Waals surface area (Å²) in [4.78, 5) is 0. The van der Waals surface area contributed by atoms with Gasteiger partial charge in [-0.1, -0.05) is 104 Å². The molecule has 0 aromatic rings. The molecule has 0 aliphatic heterocycles. The second-order valence-electron chi connectivity index (χ2n) is 6.06. The van der Waals surface area contributed by atoms with E-state index in [1.54, 1.807) is 0 Å². The van der Waals surface area contributed by atoms with Gasteiger partial charge in [0.15, 0.2) is 0 Å². The van der Waals surface area contributed by atoms with Gasteiger partial charge in [-0.3, -0.25) is 0 Å². The van der Waals surface area contributed by atoms with Crippen LogP contribution in [0.2, 0.25) is 13.1 Å². The Morgan fingerprint density at radius 1 is 0.667 bits per heavy atom. The van der Waals surface area contributed by atoms with E-state index in [-0.39, 0.29) is 0 Å². The quantitative estimate of drug-likeness (QED) is 0.254. The lowest BCUT2D eigenvalue weighted by Crippen LogP contribution is -2.03. The van der Waals surface area contributed by atoms with Crippen molar-refractivity contribution in [1.29, 1.82) is 0 Å². The van der Waals surface area contributed by atoms with Gasteiger partial charge in [-0.2, -0.15) is 0 Å². The first-order valence-electron chi connectivity index (χ1n) is 8.85. The van der Waals surface area contributed by atoms with Gasteiger partial charge in [0.1, 0.15) is 7.28 Å². The van der Waals surface area contributed by atoms with Gasteiger partial charge >= 0.3 is 0 Å². The molecule has 0 saturated heterocycles. The number of hydrogen-bond donors (Lipinski definition) is 0. The Morgan fingerprint density at radius 2 is 1.11 bits per heavy atom. The molecule has 1 atom stereocenters. The highest BCUT2D eigenvalue weighted by Gasteiger charge is 2.07. The molecule has 18 heavy (non-hydrogen) atoms. The molecule has 0 aromatic carbocycles. The molecule has 0 aromatic heterocycles. The molecule has 0 N–H and O–H groups in total. The first-order chi connectivity index (χ1) is 8.85. The summed E-state index contributed by atoms with van der Waals surface area (Å²) in [6, 6.07) is 0. The molecule has 0 amide bonds. The average Bonchev–Trinajstić information content (AvgIpc) is 2.38. The molecule has 1 unspecified atom stereocenters. The maximum atomic E-state index is 2.35. The van der Waals surface area contributed by atoms with Gasteiger partial charge in [-0.15, -0.1) is 0 Å². The summed E-state index contributed by atoms with van der Waals surface area (Å²) in [5.41, 5.74) is 0. The van der Waals surface area contributed by atoms with Crippen LogP contribution in [-0.4, -0.2) is 7.28 Å². The van der Waals surface area contributed by atoms with E-state index in [1.807, 2.05) is 0 Å². The van der Waals surface area contributed by atoms with Gasteiger partial charge in [0, 0.05) is 0 Å². The average molecular weight is 252 g/mol. The van der Waals surface area contributed by atoms with Crippen LogP contribution < -0.4 is 0 Å². The van der Waals surface area contributed by atoms with E-state index in [0.29, 0.717) is 0 Å². The molecule has 0 heterocycles. The maximum absolute atomic E-state index is 2.35. The highest BCUT2D eigenvalue weighted by molar-refractivity contribution is 6.33. The lowest BCUT2D eigenvalue weighted by molar-refractivity contribution is 0.433. The maximum Gasteiger partial charge on any atom is 0.117 e. The third kappa shape index (κ3) is 12.5. The molecule has 0 rings (SSSR count). The van der Waals surface area contributed by atoms with Crippen LogP contribution in [0.3, 0.4) is 0 Å². The molecule has 1 heteroatoms. The predicted molar refractivity (Wildman–Crippen MR) is 88.1 cm³/mol. The monoisotopic (exact) mass is 252 g/mol. The number of rotatable bonds is 14. The molecule has 0 bridgehead atoms. The van der Waals surface area contributed by atoms with Crippen molar-refractivity contribution in [2.24, 2.45) is 5.92 Å². The van der Waals surface area contributed by atoms with Gasteiger partial charge in [0.2, 0.25) is 0 Å².